The van der Waals surface area contributed by atoms with Crippen molar-refractivity contribution in [3.63, 3.8) is 0 Å². The van der Waals surface area contributed by atoms with Crippen LogP contribution in [0.2, 0.25) is 0 Å². The van der Waals surface area contributed by atoms with E-state index in [1.54, 1.807) is 6.26 Å². The average Bonchev–Trinajstić information content (AvgIpc) is 3.01. The van der Waals surface area contributed by atoms with E-state index in [2.05, 4.69) is 16.7 Å². The number of nitrogens with zero attached hydrogens (tertiary/aromatic N) is 1. The Balaban J connectivity index is 2.14. The van der Waals surface area contributed by atoms with E-state index in [9.17, 15) is 0 Å². The third-order valence-electron chi connectivity index (χ3n) is 2.56. The number of hydrogen-bond donors (Lipinski definition) is 0. The average molecular weight is 209 g/mol. The van der Waals surface area contributed by atoms with Crippen LogP contribution in [0.5, 0.6) is 0 Å². The Morgan fingerprint density at radius 2 is 1.69 bits per heavy atom. The zero-order valence-electron chi connectivity index (χ0n) is 8.71. The van der Waals surface area contributed by atoms with Gasteiger partial charge in [0.05, 0.1) is 12.0 Å². The van der Waals surface area contributed by atoms with Gasteiger partial charge in [0, 0.05) is 11.9 Å². The Bertz CT molecular complexity index is 564. The van der Waals surface area contributed by atoms with Crippen LogP contribution in [0, 0.1) is 0 Å². The molecule has 1 aromatic carbocycles. The van der Waals surface area contributed by atoms with Crippen molar-refractivity contribution in [2.24, 2.45) is 0 Å². The summed E-state index contributed by atoms with van der Waals surface area (Å²) >= 11 is 0. The molecule has 2 nitrogen and oxygen atoms in total. The molecule has 0 unspecified atom stereocenters. The number of furan rings is 1. The lowest BCUT2D eigenvalue weighted by Gasteiger charge is -2.06. The molecule has 0 aliphatic heterocycles. The smallest absolute Gasteiger partial charge is 0.150 e. The summed E-state index contributed by atoms with van der Waals surface area (Å²) < 4.78 is 7.53. The highest BCUT2D eigenvalue weighted by Gasteiger charge is 2.06. The van der Waals surface area contributed by atoms with Gasteiger partial charge >= 0.3 is 0 Å². The van der Waals surface area contributed by atoms with Crippen molar-refractivity contribution in [1.82, 2.24) is 4.57 Å². The van der Waals surface area contributed by atoms with Crippen LogP contribution < -0.4 is 0 Å². The quantitative estimate of drug-likeness (QED) is 0.628. The molecule has 3 rings (SSSR count). The fourth-order valence-electron chi connectivity index (χ4n) is 1.82. The summed E-state index contributed by atoms with van der Waals surface area (Å²) in [5.74, 6) is 0.883. The second-order valence-electron chi connectivity index (χ2n) is 3.58. The highest BCUT2D eigenvalue weighted by atomic mass is 16.3. The summed E-state index contributed by atoms with van der Waals surface area (Å²) in [7, 11) is 0. The molecule has 0 spiro atoms. The number of benzene rings is 1. The molecule has 0 aliphatic carbocycles. The van der Waals surface area contributed by atoms with Crippen LogP contribution in [0.25, 0.3) is 17.1 Å². The third-order valence-corrected chi connectivity index (χ3v) is 2.56. The van der Waals surface area contributed by atoms with Gasteiger partial charge in [0.15, 0.2) is 5.76 Å². The van der Waals surface area contributed by atoms with Gasteiger partial charge < -0.3 is 8.98 Å². The minimum absolute atomic E-state index is 0.883. The molecule has 0 aliphatic rings. The lowest BCUT2D eigenvalue weighted by molar-refractivity contribution is 0.578. The Kier molecular flexibility index (Phi) is 2.11. The zero-order valence-corrected chi connectivity index (χ0v) is 8.71. The van der Waals surface area contributed by atoms with Crippen LogP contribution in [0.4, 0.5) is 0 Å². The fourth-order valence-corrected chi connectivity index (χ4v) is 1.82. The van der Waals surface area contributed by atoms with Crippen LogP contribution in [0.3, 0.4) is 0 Å². The molecule has 3 aromatic rings. The number of aromatic nitrogens is 1. The lowest BCUT2D eigenvalue weighted by Crippen LogP contribution is -1.93. The normalized spacial score (nSPS) is 10.5. The number of rotatable bonds is 2. The minimum Gasteiger partial charge on any atom is -0.463 e. The monoisotopic (exact) mass is 209 g/mol. The summed E-state index contributed by atoms with van der Waals surface area (Å²) in [5.41, 5.74) is 2.20. The first kappa shape index (κ1) is 9.04. The molecule has 2 heteroatoms. The summed E-state index contributed by atoms with van der Waals surface area (Å²) in [6.45, 7) is 0. The molecule has 0 N–H and O–H groups in total. The van der Waals surface area contributed by atoms with E-state index < -0.39 is 0 Å². The largest absolute Gasteiger partial charge is 0.463 e. The van der Waals surface area contributed by atoms with Gasteiger partial charge in [-0.25, -0.2) is 0 Å². The van der Waals surface area contributed by atoms with Crippen molar-refractivity contribution in [2.75, 3.05) is 0 Å². The molecule has 0 fully saturated rings. The highest BCUT2D eigenvalue weighted by Crippen LogP contribution is 2.23. The molecule has 0 radical (unpaired) electrons. The first-order valence-corrected chi connectivity index (χ1v) is 5.22. The second-order valence-corrected chi connectivity index (χ2v) is 3.58. The van der Waals surface area contributed by atoms with E-state index in [0.717, 1.165) is 17.1 Å². The molecule has 0 saturated carbocycles. The molecule has 2 aromatic heterocycles. The maximum atomic E-state index is 5.42. The molecule has 0 saturated heterocycles. The predicted octanol–water partition coefficient (Wildman–Crippen LogP) is 3.74. The van der Waals surface area contributed by atoms with Gasteiger partial charge in [-0.1, -0.05) is 18.2 Å². The van der Waals surface area contributed by atoms with Crippen molar-refractivity contribution in [3.8, 4) is 17.1 Å². The number of hydrogen-bond acceptors (Lipinski definition) is 1. The summed E-state index contributed by atoms with van der Waals surface area (Å²) in [4.78, 5) is 0. The SMILES string of the molecule is c1ccc(-n2cccc2-c2ccco2)cc1. The van der Waals surface area contributed by atoms with Crippen LogP contribution in [-0.2, 0) is 0 Å². The minimum atomic E-state index is 0.883. The Hall–Kier alpha value is -2.22. The molecule has 0 bridgehead atoms. The van der Waals surface area contributed by atoms with Crippen molar-refractivity contribution in [2.45, 2.75) is 0 Å². The second kappa shape index (κ2) is 3.74. The van der Waals surface area contributed by atoms with Crippen molar-refractivity contribution in [3.05, 3.63) is 67.1 Å². The lowest BCUT2D eigenvalue weighted by atomic mass is 10.3. The van der Waals surface area contributed by atoms with E-state index in [-0.39, 0.29) is 0 Å². The fraction of sp³-hybridized carbons (Fsp3) is 0. The van der Waals surface area contributed by atoms with Gasteiger partial charge in [0.2, 0.25) is 0 Å². The Morgan fingerprint density at radius 1 is 0.812 bits per heavy atom. The van der Waals surface area contributed by atoms with Gasteiger partial charge in [-0.2, -0.15) is 0 Å². The van der Waals surface area contributed by atoms with Crippen LogP contribution in [-0.4, -0.2) is 4.57 Å². The maximum absolute atomic E-state index is 5.42. The van der Waals surface area contributed by atoms with Crippen molar-refractivity contribution < 1.29 is 4.42 Å². The summed E-state index contributed by atoms with van der Waals surface area (Å²) in [6.07, 6.45) is 3.73. The van der Waals surface area contributed by atoms with E-state index in [1.807, 2.05) is 48.7 Å². The van der Waals surface area contributed by atoms with Gasteiger partial charge in [0.1, 0.15) is 0 Å². The number of para-hydroxylation sites is 1. The van der Waals surface area contributed by atoms with Gasteiger partial charge in [0.25, 0.3) is 0 Å². The molecule has 0 amide bonds. The van der Waals surface area contributed by atoms with E-state index in [0.29, 0.717) is 0 Å². The summed E-state index contributed by atoms with van der Waals surface area (Å²) in [6, 6.07) is 18.2. The first-order chi connectivity index (χ1) is 7.95. The van der Waals surface area contributed by atoms with Gasteiger partial charge in [-0.15, -0.1) is 0 Å². The Labute approximate surface area is 93.8 Å². The molecule has 0 atom stereocenters. The van der Waals surface area contributed by atoms with Crippen LogP contribution in [0.15, 0.2) is 71.5 Å². The topological polar surface area (TPSA) is 18.1 Å². The molecular weight excluding hydrogens is 198 g/mol. The van der Waals surface area contributed by atoms with Gasteiger partial charge in [-0.05, 0) is 36.4 Å². The van der Waals surface area contributed by atoms with Crippen molar-refractivity contribution in [1.29, 1.82) is 0 Å². The zero-order chi connectivity index (χ0) is 10.8. The first-order valence-electron chi connectivity index (χ1n) is 5.22. The molecular formula is C14H11NO. The van der Waals surface area contributed by atoms with E-state index >= 15 is 0 Å². The Morgan fingerprint density at radius 3 is 2.44 bits per heavy atom. The van der Waals surface area contributed by atoms with Gasteiger partial charge in [-0.3, -0.25) is 0 Å². The van der Waals surface area contributed by atoms with Crippen LogP contribution >= 0.6 is 0 Å². The molecule has 16 heavy (non-hydrogen) atoms. The standard InChI is InChI=1S/C14H11NO/c1-2-6-12(7-3-1)15-10-4-8-13(15)14-9-5-11-16-14/h1-11H. The molecule has 2 heterocycles. The molecule has 78 valence electrons. The van der Waals surface area contributed by atoms with Crippen LogP contribution in [0.1, 0.15) is 0 Å². The highest BCUT2D eigenvalue weighted by molar-refractivity contribution is 5.57. The summed E-state index contributed by atoms with van der Waals surface area (Å²) in [5, 5.41) is 0. The van der Waals surface area contributed by atoms with E-state index in [1.165, 1.54) is 0 Å². The third kappa shape index (κ3) is 1.44. The van der Waals surface area contributed by atoms with E-state index in [4.69, 9.17) is 4.42 Å². The predicted molar refractivity (Wildman–Crippen MR) is 63.5 cm³/mol. The maximum Gasteiger partial charge on any atom is 0.150 e. The van der Waals surface area contributed by atoms with Crippen molar-refractivity contribution >= 4 is 0 Å².